The summed E-state index contributed by atoms with van der Waals surface area (Å²) in [4.78, 5) is 14.8. The molecule has 21 heavy (non-hydrogen) atoms. The van der Waals surface area contributed by atoms with E-state index in [-0.39, 0.29) is 17.4 Å². The van der Waals surface area contributed by atoms with Crippen molar-refractivity contribution >= 4 is 5.91 Å². The molecule has 1 atom stereocenters. The molecule has 2 aromatic carbocycles. The fraction of sp³-hybridized carbons (Fsp3) is 0.316. The minimum absolute atomic E-state index is 0.0148. The van der Waals surface area contributed by atoms with Gasteiger partial charge in [0.2, 0.25) is 0 Å². The van der Waals surface area contributed by atoms with Crippen molar-refractivity contribution in [3.8, 4) is 0 Å². The third-order valence-electron chi connectivity index (χ3n) is 4.10. The molecule has 1 heterocycles. The van der Waals surface area contributed by atoms with Crippen molar-refractivity contribution < 1.29 is 4.79 Å². The summed E-state index contributed by atoms with van der Waals surface area (Å²) in [6.45, 7) is 7.29. The summed E-state index contributed by atoms with van der Waals surface area (Å²) in [7, 11) is 0. The highest BCUT2D eigenvalue weighted by atomic mass is 16.2. The van der Waals surface area contributed by atoms with Crippen molar-refractivity contribution in [2.45, 2.75) is 33.4 Å². The molecule has 1 aliphatic heterocycles. The smallest absolute Gasteiger partial charge is 0.255 e. The second-order valence-electron chi connectivity index (χ2n) is 6.77. The van der Waals surface area contributed by atoms with Gasteiger partial charge in [0.15, 0.2) is 0 Å². The number of rotatable bonds is 2. The van der Waals surface area contributed by atoms with Gasteiger partial charge in [-0.25, -0.2) is 0 Å². The van der Waals surface area contributed by atoms with Gasteiger partial charge >= 0.3 is 0 Å². The molecule has 0 N–H and O–H groups in total. The summed E-state index contributed by atoms with van der Waals surface area (Å²) in [5, 5.41) is 0. The maximum absolute atomic E-state index is 12.8. The van der Waals surface area contributed by atoms with Crippen molar-refractivity contribution in [3.05, 3.63) is 71.3 Å². The highest BCUT2D eigenvalue weighted by Crippen LogP contribution is 2.41. The predicted molar refractivity (Wildman–Crippen MR) is 85.0 cm³/mol. The van der Waals surface area contributed by atoms with Crippen LogP contribution < -0.4 is 0 Å². The van der Waals surface area contributed by atoms with E-state index in [1.165, 1.54) is 5.56 Å². The van der Waals surface area contributed by atoms with Gasteiger partial charge in [0.05, 0.1) is 6.04 Å². The van der Waals surface area contributed by atoms with Crippen LogP contribution in [0.5, 0.6) is 0 Å². The zero-order valence-electron chi connectivity index (χ0n) is 12.8. The Morgan fingerprint density at radius 2 is 1.57 bits per heavy atom. The molecule has 0 aromatic heterocycles. The predicted octanol–water partition coefficient (Wildman–Crippen LogP) is 4.43. The van der Waals surface area contributed by atoms with Gasteiger partial charge in [0, 0.05) is 12.1 Å². The fourth-order valence-electron chi connectivity index (χ4n) is 3.27. The van der Waals surface area contributed by atoms with Crippen LogP contribution in [0, 0.1) is 5.41 Å². The van der Waals surface area contributed by atoms with E-state index in [0.29, 0.717) is 6.54 Å². The molecule has 0 spiro atoms. The van der Waals surface area contributed by atoms with Gasteiger partial charge in [-0.3, -0.25) is 4.79 Å². The highest BCUT2D eigenvalue weighted by molar-refractivity contribution is 5.98. The van der Waals surface area contributed by atoms with Crippen LogP contribution in [-0.2, 0) is 6.54 Å². The zero-order chi connectivity index (χ0) is 15.0. The lowest BCUT2D eigenvalue weighted by Gasteiger charge is -2.38. The highest BCUT2D eigenvalue weighted by Gasteiger charge is 2.39. The molecule has 2 heteroatoms. The lowest BCUT2D eigenvalue weighted by molar-refractivity contribution is 0.0537. The maximum atomic E-state index is 12.8. The van der Waals surface area contributed by atoms with Crippen LogP contribution in [0.3, 0.4) is 0 Å². The normalized spacial score (nSPS) is 16.0. The fourth-order valence-corrected chi connectivity index (χ4v) is 3.27. The molecular formula is C19H21NO. The van der Waals surface area contributed by atoms with Gasteiger partial charge in [-0.2, -0.15) is 0 Å². The minimum Gasteiger partial charge on any atom is -0.327 e. The van der Waals surface area contributed by atoms with Gasteiger partial charge in [0.25, 0.3) is 5.91 Å². The molecule has 0 saturated carbocycles. The van der Waals surface area contributed by atoms with E-state index in [9.17, 15) is 4.79 Å². The van der Waals surface area contributed by atoms with Gasteiger partial charge < -0.3 is 4.90 Å². The van der Waals surface area contributed by atoms with E-state index in [0.717, 1.165) is 11.1 Å². The molecule has 1 amide bonds. The topological polar surface area (TPSA) is 20.3 Å². The number of carbonyl (C=O) groups is 1. The van der Waals surface area contributed by atoms with E-state index in [1.54, 1.807) is 0 Å². The van der Waals surface area contributed by atoms with Crippen LogP contribution in [0.25, 0.3) is 0 Å². The first-order valence-corrected chi connectivity index (χ1v) is 7.42. The van der Waals surface area contributed by atoms with Crippen LogP contribution in [0.2, 0.25) is 0 Å². The number of nitrogens with zero attached hydrogens (tertiary/aromatic N) is 1. The van der Waals surface area contributed by atoms with Crippen molar-refractivity contribution in [1.82, 2.24) is 4.90 Å². The Morgan fingerprint density at radius 3 is 2.19 bits per heavy atom. The summed E-state index contributed by atoms with van der Waals surface area (Å²) in [6, 6.07) is 18.4. The summed E-state index contributed by atoms with van der Waals surface area (Å²) < 4.78 is 0. The SMILES string of the molecule is CC(C)(C)[C@H](c1ccccc1)N1Cc2ccccc2C1=O. The van der Waals surface area contributed by atoms with Gasteiger partial charge in [-0.15, -0.1) is 0 Å². The van der Waals surface area contributed by atoms with Crippen molar-refractivity contribution in [2.75, 3.05) is 0 Å². The Hall–Kier alpha value is -2.09. The molecule has 0 saturated heterocycles. The average Bonchev–Trinajstić information content (AvgIpc) is 2.77. The summed E-state index contributed by atoms with van der Waals surface area (Å²) >= 11 is 0. The third-order valence-corrected chi connectivity index (χ3v) is 4.10. The van der Waals surface area contributed by atoms with E-state index >= 15 is 0 Å². The van der Waals surface area contributed by atoms with Gasteiger partial charge in [-0.1, -0.05) is 69.3 Å². The third kappa shape index (κ3) is 2.46. The molecule has 2 nitrogen and oxygen atoms in total. The van der Waals surface area contributed by atoms with E-state index in [4.69, 9.17) is 0 Å². The van der Waals surface area contributed by atoms with E-state index in [1.807, 2.05) is 41.3 Å². The molecule has 0 fully saturated rings. The molecule has 0 unspecified atom stereocenters. The van der Waals surface area contributed by atoms with Crippen LogP contribution >= 0.6 is 0 Å². The quantitative estimate of drug-likeness (QED) is 0.796. The zero-order valence-corrected chi connectivity index (χ0v) is 12.8. The Bertz CT molecular complexity index is 655. The summed E-state index contributed by atoms with van der Waals surface area (Å²) in [5.74, 6) is 0.148. The van der Waals surface area contributed by atoms with Crippen molar-refractivity contribution in [1.29, 1.82) is 0 Å². The second kappa shape index (κ2) is 5.03. The molecule has 3 rings (SSSR count). The Morgan fingerprint density at radius 1 is 0.952 bits per heavy atom. The Kier molecular flexibility index (Phi) is 3.32. The van der Waals surface area contributed by atoms with Gasteiger partial charge in [-0.05, 0) is 22.6 Å². The van der Waals surface area contributed by atoms with E-state index in [2.05, 4.69) is 39.0 Å². The average molecular weight is 279 g/mol. The van der Waals surface area contributed by atoms with Crippen molar-refractivity contribution in [2.24, 2.45) is 5.41 Å². The standard InChI is InChI=1S/C19H21NO/c1-19(2,3)17(14-9-5-4-6-10-14)20-13-15-11-7-8-12-16(15)18(20)21/h4-12,17H,13H2,1-3H3/t17-/m0/s1. The van der Waals surface area contributed by atoms with E-state index < -0.39 is 0 Å². The van der Waals surface area contributed by atoms with Crippen LogP contribution in [0.4, 0.5) is 0 Å². The largest absolute Gasteiger partial charge is 0.327 e. The van der Waals surface area contributed by atoms with Gasteiger partial charge in [0.1, 0.15) is 0 Å². The number of hydrogen-bond acceptors (Lipinski definition) is 1. The molecule has 1 aliphatic rings. The first-order chi connectivity index (χ1) is 9.98. The van der Waals surface area contributed by atoms with Crippen LogP contribution in [0.15, 0.2) is 54.6 Å². The Balaban J connectivity index is 2.03. The number of hydrogen-bond donors (Lipinski definition) is 0. The summed E-state index contributed by atoms with van der Waals surface area (Å²) in [6.07, 6.45) is 0. The maximum Gasteiger partial charge on any atom is 0.255 e. The monoisotopic (exact) mass is 279 g/mol. The number of benzene rings is 2. The molecular weight excluding hydrogens is 258 g/mol. The minimum atomic E-state index is -0.0148. The number of fused-ring (bicyclic) bond motifs is 1. The molecule has 2 aromatic rings. The second-order valence-corrected chi connectivity index (χ2v) is 6.77. The summed E-state index contributed by atoms with van der Waals surface area (Å²) in [5.41, 5.74) is 3.17. The lowest BCUT2D eigenvalue weighted by atomic mass is 9.81. The molecule has 0 bridgehead atoms. The molecule has 108 valence electrons. The molecule has 0 aliphatic carbocycles. The van der Waals surface area contributed by atoms with Crippen LogP contribution in [-0.4, -0.2) is 10.8 Å². The molecule has 0 radical (unpaired) electrons. The number of carbonyl (C=O) groups excluding carboxylic acids is 1. The Labute approximate surface area is 126 Å². The van der Waals surface area contributed by atoms with Crippen molar-refractivity contribution in [3.63, 3.8) is 0 Å². The van der Waals surface area contributed by atoms with Crippen LogP contribution in [0.1, 0.15) is 48.3 Å². The first-order valence-electron chi connectivity index (χ1n) is 7.42. The lowest BCUT2D eigenvalue weighted by Crippen LogP contribution is -2.37. The number of amides is 1. The first kappa shape index (κ1) is 13.9.